The van der Waals surface area contributed by atoms with Crippen molar-refractivity contribution in [1.82, 2.24) is 9.88 Å². The number of hydrogen-bond acceptors (Lipinski definition) is 5. The predicted molar refractivity (Wildman–Crippen MR) is 113 cm³/mol. The summed E-state index contributed by atoms with van der Waals surface area (Å²) in [6, 6.07) is 11.5. The number of benzene rings is 1. The van der Waals surface area contributed by atoms with Crippen molar-refractivity contribution in [1.29, 1.82) is 0 Å². The van der Waals surface area contributed by atoms with E-state index in [0.717, 1.165) is 28.4 Å². The molecule has 0 radical (unpaired) electrons. The summed E-state index contributed by atoms with van der Waals surface area (Å²) in [5, 5.41) is 0. The first-order valence-electron chi connectivity index (χ1n) is 10.0. The van der Waals surface area contributed by atoms with Crippen LogP contribution in [0.25, 0.3) is 0 Å². The maximum absolute atomic E-state index is 13.5. The number of amides is 2. The van der Waals surface area contributed by atoms with Crippen LogP contribution in [0.5, 0.6) is 5.75 Å². The van der Waals surface area contributed by atoms with E-state index in [1.165, 1.54) is 0 Å². The Labute approximate surface area is 176 Å². The molecule has 4 rings (SSSR count). The molecule has 2 amide bonds. The number of fused-ring (bicyclic) bond motifs is 2. The molecule has 1 aromatic carbocycles. The molecule has 7 heteroatoms. The minimum absolute atomic E-state index is 0.0220. The van der Waals surface area contributed by atoms with Crippen molar-refractivity contribution in [2.24, 2.45) is 0 Å². The van der Waals surface area contributed by atoms with Crippen molar-refractivity contribution in [2.75, 3.05) is 25.1 Å². The molecule has 0 saturated carbocycles. The van der Waals surface area contributed by atoms with Crippen LogP contribution in [-0.2, 0) is 21.5 Å². The van der Waals surface area contributed by atoms with E-state index in [2.05, 4.69) is 0 Å². The Hall–Kier alpha value is -3.09. The Balaban J connectivity index is 1.60. The molecule has 0 unspecified atom stereocenters. The van der Waals surface area contributed by atoms with Crippen LogP contribution >= 0.6 is 0 Å². The van der Waals surface area contributed by atoms with Crippen molar-refractivity contribution in [3.05, 3.63) is 53.3 Å². The second-order valence-electron chi connectivity index (χ2n) is 8.98. The molecule has 1 spiro atoms. The smallest absolute Gasteiger partial charge is 0.410 e. The first-order valence-corrected chi connectivity index (χ1v) is 10.0. The van der Waals surface area contributed by atoms with Gasteiger partial charge in [0.1, 0.15) is 16.8 Å². The molecule has 2 aliphatic rings. The first-order chi connectivity index (χ1) is 14.1. The van der Waals surface area contributed by atoms with Gasteiger partial charge >= 0.3 is 6.09 Å². The number of nitrogens with zero attached hydrogens (tertiary/aromatic N) is 3. The molecule has 158 valence electrons. The van der Waals surface area contributed by atoms with E-state index < -0.39 is 17.1 Å². The first kappa shape index (κ1) is 20.2. The number of carbonyl (C=O) groups excluding carboxylic acids is 2. The van der Waals surface area contributed by atoms with Gasteiger partial charge in [-0.3, -0.25) is 9.78 Å². The van der Waals surface area contributed by atoms with E-state index in [4.69, 9.17) is 14.5 Å². The van der Waals surface area contributed by atoms with E-state index in [9.17, 15) is 9.59 Å². The molecular formula is C23H27N3O4. The molecule has 0 bridgehead atoms. The van der Waals surface area contributed by atoms with Gasteiger partial charge in [0, 0.05) is 18.8 Å². The molecule has 1 saturated heterocycles. The van der Waals surface area contributed by atoms with Crippen LogP contribution in [0.3, 0.4) is 0 Å². The number of hydrogen-bond donors (Lipinski definition) is 0. The minimum Gasteiger partial charge on any atom is -0.497 e. The Morgan fingerprint density at radius 3 is 2.40 bits per heavy atom. The molecular weight excluding hydrogens is 382 g/mol. The summed E-state index contributed by atoms with van der Waals surface area (Å²) >= 11 is 0. The fourth-order valence-electron chi connectivity index (χ4n) is 4.00. The molecule has 1 aromatic heterocycles. The number of carbonyl (C=O) groups is 2. The lowest BCUT2D eigenvalue weighted by Gasteiger charge is -2.46. The summed E-state index contributed by atoms with van der Waals surface area (Å²) in [5.41, 5.74) is 2.03. The molecule has 0 atom stereocenters. The van der Waals surface area contributed by atoms with Crippen LogP contribution in [-0.4, -0.2) is 47.7 Å². The van der Waals surface area contributed by atoms with Gasteiger partial charge < -0.3 is 19.3 Å². The summed E-state index contributed by atoms with van der Waals surface area (Å²) in [5.74, 6) is 0.749. The van der Waals surface area contributed by atoms with Crippen LogP contribution in [0, 0.1) is 6.92 Å². The van der Waals surface area contributed by atoms with Crippen molar-refractivity contribution in [3.8, 4) is 5.75 Å². The van der Waals surface area contributed by atoms with Gasteiger partial charge in [-0.05, 0) is 57.5 Å². The average molecular weight is 409 g/mol. The van der Waals surface area contributed by atoms with Gasteiger partial charge in [0.2, 0.25) is 5.91 Å². The molecule has 0 N–H and O–H groups in total. The maximum atomic E-state index is 13.5. The van der Waals surface area contributed by atoms with Gasteiger partial charge in [-0.15, -0.1) is 0 Å². The summed E-state index contributed by atoms with van der Waals surface area (Å²) in [6.07, 6.45) is -0.399. The third kappa shape index (κ3) is 3.38. The molecule has 0 aliphatic carbocycles. The highest BCUT2D eigenvalue weighted by Crippen LogP contribution is 2.47. The standard InChI is InChI=1S/C23H27N3O4/c1-15-6-11-18-19(24-15)23(13-25(14-23)21(28)30-22(2,3)4)20(27)26(18)12-16-7-9-17(29-5)10-8-16/h6-11H,12-14H2,1-5H3. The van der Waals surface area contributed by atoms with E-state index in [1.807, 2.05) is 64.1 Å². The maximum Gasteiger partial charge on any atom is 0.410 e. The van der Waals surface area contributed by atoms with Crippen LogP contribution in [0.1, 0.15) is 37.7 Å². The monoisotopic (exact) mass is 409 g/mol. The number of pyridine rings is 1. The Morgan fingerprint density at radius 1 is 1.13 bits per heavy atom. The lowest BCUT2D eigenvalue weighted by Crippen LogP contribution is -2.66. The van der Waals surface area contributed by atoms with Gasteiger partial charge in [-0.1, -0.05) is 12.1 Å². The number of likely N-dealkylation sites (tertiary alicyclic amines) is 1. The highest BCUT2D eigenvalue weighted by Gasteiger charge is 2.61. The average Bonchev–Trinajstić information content (AvgIpc) is 2.87. The number of anilines is 1. The summed E-state index contributed by atoms with van der Waals surface area (Å²) in [6.45, 7) is 8.41. The van der Waals surface area contributed by atoms with Crippen molar-refractivity contribution in [2.45, 2.75) is 45.3 Å². The molecule has 2 aromatic rings. The zero-order valence-electron chi connectivity index (χ0n) is 18.1. The SMILES string of the molecule is COc1ccc(CN2C(=O)C3(CN(C(=O)OC(C)(C)C)C3)c3nc(C)ccc32)cc1. The van der Waals surface area contributed by atoms with E-state index in [-0.39, 0.29) is 19.0 Å². The second-order valence-corrected chi connectivity index (χ2v) is 8.98. The Morgan fingerprint density at radius 2 is 1.80 bits per heavy atom. The quantitative estimate of drug-likeness (QED) is 0.777. The third-order valence-electron chi connectivity index (χ3n) is 5.48. The van der Waals surface area contributed by atoms with Crippen molar-refractivity contribution >= 4 is 17.7 Å². The van der Waals surface area contributed by atoms with Gasteiger partial charge in [-0.2, -0.15) is 0 Å². The summed E-state index contributed by atoms with van der Waals surface area (Å²) < 4.78 is 10.7. The van der Waals surface area contributed by atoms with Crippen LogP contribution in [0.4, 0.5) is 10.5 Å². The van der Waals surface area contributed by atoms with Gasteiger partial charge in [0.05, 0.1) is 25.0 Å². The lowest BCUT2D eigenvalue weighted by molar-refractivity contribution is -0.129. The van der Waals surface area contributed by atoms with Crippen molar-refractivity contribution in [3.63, 3.8) is 0 Å². The summed E-state index contributed by atoms with van der Waals surface area (Å²) in [7, 11) is 1.63. The molecule has 2 aliphatic heterocycles. The largest absolute Gasteiger partial charge is 0.497 e. The molecule has 3 heterocycles. The predicted octanol–water partition coefficient (Wildman–Crippen LogP) is 3.43. The fourth-order valence-corrected chi connectivity index (χ4v) is 4.00. The summed E-state index contributed by atoms with van der Waals surface area (Å²) in [4.78, 5) is 34.0. The molecule has 7 nitrogen and oxygen atoms in total. The van der Waals surface area contributed by atoms with Gasteiger partial charge in [0.25, 0.3) is 0 Å². The minimum atomic E-state index is -0.801. The van der Waals surface area contributed by atoms with Gasteiger partial charge in [-0.25, -0.2) is 4.79 Å². The number of ether oxygens (including phenoxy) is 2. The molecule has 1 fully saturated rings. The Bertz CT molecular complexity index is 988. The normalized spacial score (nSPS) is 17.0. The Kier molecular flexibility index (Phi) is 4.71. The highest BCUT2D eigenvalue weighted by molar-refractivity contribution is 6.09. The van der Waals surface area contributed by atoms with E-state index in [0.29, 0.717) is 6.54 Å². The lowest BCUT2D eigenvalue weighted by atomic mass is 9.77. The van der Waals surface area contributed by atoms with Crippen molar-refractivity contribution < 1.29 is 19.1 Å². The topological polar surface area (TPSA) is 72.0 Å². The number of methoxy groups -OCH3 is 1. The zero-order chi connectivity index (χ0) is 21.7. The zero-order valence-corrected chi connectivity index (χ0v) is 18.1. The van der Waals surface area contributed by atoms with Crippen LogP contribution in [0.2, 0.25) is 0 Å². The van der Waals surface area contributed by atoms with Crippen LogP contribution in [0.15, 0.2) is 36.4 Å². The second kappa shape index (κ2) is 7.00. The number of aryl methyl sites for hydroxylation is 1. The fraction of sp³-hybridized carbons (Fsp3) is 0.435. The van der Waals surface area contributed by atoms with Crippen LogP contribution < -0.4 is 9.64 Å². The highest BCUT2D eigenvalue weighted by atomic mass is 16.6. The number of rotatable bonds is 3. The molecule has 30 heavy (non-hydrogen) atoms. The van der Waals surface area contributed by atoms with E-state index in [1.54, 1.807) is 16.9 Å². The van der Waals surface area contributed by atoms with E-state index >= 15 is 0 Å². The number of aromatic nitrogens is 1. The third-order valence-corrected chi connectivity index (χ3v) is 5.48. The van der Waals surface area contributed by atoms with Gasteiger partial charge in [0.15, 0.2) is 0 Å².